The smallest absolute Gasteiger partial charge is 0.410 e. The highest BCUT2D eigenvalue weighted by Gasteiger charge is 2.32. The van der Waals surface area contributed by atoms with Crippen LogP contribution in [0.15, 0.2) is 18.2 Å². The van der Waals surface area contributed by atoms with Crippen molar-refractivity contribution >= 4 is 23.0 Å². The van der Waals surface area contributed by atoms with E-state index in [2.05, 4.69) is 15.2 Å². The third-order valence-electron chi connectivity index (χ3n) is 5.64. The molecule has 0 radical (unpaired) electrons. The van der Waals surface area contributed by atoms with E-state index in [-0.39, 0.29) is 60.0 Å². The third-order valence-corrected chi connectivity index (χ3v) is 5.64. The molecule has 2 aromatic heterocycles. The number of rotatable bonds is 2. The van der Waals surface area contributed by atoms with E-state index < -0.39 is 23.4 Å². The molecule has 0 aliphatic carbocycles. The zero-order chi connectivity index (χ0) is 25.5. The van der Waals surface area contributed by atoms with Crippen molar-refractivity contribution in [3.63, 3.8) is 0 Å². The number of nitrogens with one attached hydrogen (secondary N) is 1. The average Bonchev–Trinajstić information content (AvgIpc) is 3.16. The van der Waals surface area contributed by atoms with Crippen LogP contribution in [0.4, 0.5) is 9.18 Å². The van der Waals surface area contributed by atoms with Gasteiger partial charge in [0.15, 0.2) is 5.65 Å². The van der Waals surface area contributed by atoms with Crippen molar-refractivity contribution in [1.82, 2.24) is 25.0 Å². The van der Waals surface area contributed by atoms with Gasteiger partial charge in [0.2, 0.25) is 0 Å². The van der Waals surface area contributed by atoms with Crippen molar-refractivity contribution in [3.05, 3.63) is 40.8 Å². The Balaban J connectivity index is 1.72. The summed E-state index contributed by atoms with van der Waals surface area (Å²) < 4.78 is 20.1. The van der Waals surface area contributed by atoms with Crippen LogP contribution in [0, 0.1) is 24.1 Å². The van der Waals surface area contributed by atoms with E-state index in [1.54, 1.807) is 32.6 Å². The molecule has 0 saturated carbocycles. The lowest BCUT2D eigenvalue weighted by Gasteiger charge is -2.35. The molecule has 4 rings (SSSR count). The Morgan fingerprint density at radius 1 is 1.20 bits per heavy atom. The maximum absolute atomic E-state index is 14.7. The number of nitrogens with zero attached hydrogens (tertiary/aromatic N) is 5. The minimum absolute atomic E-state index is 0.0303. The molecule has 2 amide bonds. The van der Waals surface area contributed by atoms with Gasteiger partial charge < -0.3 is 19.6 Å². The number of H-pyrrole nitrogens is 1. The highest BCUT2D eigenvalue weighted by molar-refractivity contribution is 6.10. The van der Waals surface area contributed by atoms with Gasteiger partial charge in [-0.15, -0.1) is 0 Å². The van der Waals surface area contributed by atoms with Crippen LogP contribution in [-0.4, -0.2) is 73.9 Å². The number of carbonyl (C=O) groups excluding carboxylic acids is 2. The number of aromatic amines is 1. The highest BCUT2D eigenvalue weighted by atomic mass is 19.1. The number of pyridine rings is 1. The lowest BCUT2D eigenvalue weighted by molar-refractivity contribution is 0.0141. The van der Waals surface area contributed by atoms with Crippen molar-refractivity contribution < 1.29 is 23.8 Å². The molecule has 10 nitrogen and oxygen atoms in total. The summed E-state index contributed by atoms with van der Waals surface area (Å²) in [5.41, 5.74) is -0.0120. The van der Waals surface area contributed by atoms with Gasteiger partial charge in [-0.25, -0.2) is 14.2 Å². The van der Waals surface area contributed by atoms with Gasteiger partial charge >= 0.3 is 6.09 Å². The summed E-state index contributed by atoms with van der Waals surface area (Å²) in [6.07, 6.45) is -0.454. The number of amides is 2. The minimum Gasteiger partial charge on any atom is -0.508 e. The fraction of sp³-hybridized carbons (Fsp3) is 0.375. The molecule has 0 atom stereocenters. The van der Waals surface area contributed by atoms with Crippen molar-refractivity contribution in [2.45, 2.75) is 33.3 Å². The summed E-state index contributed by atoms with van der Waals surface area (Å²) in [4.78, 5) is 33.5. The molecular formula is C24H25FN6O4. The summed E-state index contributed by atoms with van der Waals surface area (Å²) in [5.74, 6) is -1.50. The van der Waals surface area contributed by atoms with Crippen LogP contribution in [0.2, 0.25) is 0 Å². The second kappa shape index (κ2) is 8.87. The molecule has 3 heterocycles. The predicted octanol–water partition coefficient (Wildman–Crippen LogP) is 3.34. The molecule has 11 heteroatoms. The summed E-state index contributed by atoms with van der Waals surface area (Å²) >= 11 is 0. The SMILES string of the molecule is Cc1n[nH]c2nc(-c3ccc(O)cc3F)c(C#N)c(C(=O)N3CCN(C(=O)OC(C)(C)C)CC3)c12. The number of phenols is 1. The first-order valence-corrected chi connectivity index (χ1v) is 11.0. The number of hydrogen-bond donors (Lipinski definition) is 2. The Labute approximate surface area is 200 Å². The number of fused-ring (bicyclic) bond motifs is 1. The fourth-order valence-electron chi connectivity index (χ4n) is 4.00. The van der Waals surface area contributed by atoms with Gasteiger partial charge in [-0.3, -0.25) is 9.89 Å². The number of piperazine rings is 1. The lowest BCUT2D eigenvalue weighted by Crippen LogP contribution is -2.51. The number of hydrogen-bond acceptors (Lipinski definition) is 7. The van der Waals surface area contributed by atoms with Gasteiger partial charge in [0.05, 0.1) is 27.9 Å². The van der Waals surface area contributed by atoms with E-state index >= 15 is 0 Å². The molecule has 0 spiro atoms. The molecule has 182 valence electrons. The predicted molar refractivity (Wildman–Crippen MR) is 124 cm³/mol. The topological polar surface area (TPSA) is 135 Å². The number of benzene rings is 1. The van der Waals surface area contributed by atoms with Crippen molar-refractivity contribution in [2.24, 2.45) is 0 Å². The summed E-state index contributed by atoms with van der Waals surface area (Å²) in [7, 11) is 0. The van der Waals surface area contributed by atoms with E-state index in [0.29, 0.717) is 11.1 Å². The van der Waals surface area contributed by atoms with E-state index in [1.165, 1.54) is 17.0 Å². The number of aryl methyl sites for hydroxylation is 1. The number of aromatic hydroxyl groups is 1. The van der Waals surface area contributed by atoms with Crippen molar-refractivity contribution in [3.8, 4) is 23.1 Å². The number of aromatic nitrogens is 3. The standard InChI is InChI=1S/C24H25FN6O4/c1-13-18-19(22(33)30-7-9-31(10-8-30)23(34)35-24(2,3)4)16(12-26)20(27-21(18)29-28-13)15-6-5-14(32)11-17(15)25/h5-6,11,32H,7-10H2,1-4H3,(H,27,28,29). The molecular weight excluding hydrogens is 455 g/mol. The summed E-state index contributed by atoms with van der Waals surface area (Å²) in [6.45, 7) is 8.01. The largest absolute Gasteiger partial charge is 0.508 e. The zero-order valence-electron chi connectivity index (χ0n) is 19.8. The molecule has 2 N–H and O–H groups in total. The quantitative estimate of drug-likeness (QED) is 0.574. The molecule has 1 aliphatic heterocycles. The Kier molecular flexibility index (Phi) is 6.06. The van der Waals surface area contributed by atoms with Gasteiger partial charge in [0, 0.05) is 37.8 Å². The zero-order valence-corrected chi connectivity index (χ0v) is 19.8. The molecule has 35 heavy (non-hydrogen) atoms. The maximum atomic E-state index is 14.7. The average molecular weight is 481 g/mol. The molecule has 1 aromatic carbocycles. The number of carbonyl (C=O) groups is 2. The molecule has 1 saturated heterocycles. The van der Waals surface area contributed by atoms with Gasteiger partial charge in [-0.05, 0) is 39.8 Å². The first-order valence-electron chi connectivity index (χ1n) is 11.0. The summed E-state index contributed by atoms with van der Waals surface area (Å²) in [5, 5.41) is 26.9. The van der Waals surface area contributed by atoms with Gasteiger partial charge in [-0.2, -0.15) is 10.4 Å². The second-order valence-corrected chi connectivity index (χ2v) is 9.28. The number of nitriles is 1. The molecule has 0 unspecified atom stereocenters. The van der Waals surface area contributed by atoms with Crippen LogP contribution in [0.3, 0.4) is 0 Å². The molecule has 0 bridgehead atoms. The minimum atomic E-state index is -0.783. The monoisotopic (exact) mass is 480 g/mol. The van der Waals surface area contributed by atoms with Crippen LogP contribution in [0.1, 0.15) is 42.4 Å². The fourth-order valence-corrected chi connectivity index (χ4v) is 4.00. The molecule has 1 fully saturated rings. The van der Waals surface area contributed by atoms with Crippen molar-refractivity contribution in [1.29, 1.82) is 5.26 Å². The van der Waals surface area contributed by atoms with Crippen LogP contribution < -0.4 is 0 Å². The second-order valence-electron chi connectivity index (χ2n) is 9.28. The maximum Gasteiger partial charge on any atom is 0.410 e. The molecule has 1 aliphatic rings. The Morgan fingerprint density at radius 3 is 2.46 bits per heavy atom. The van der Waals surface area contributed by atoms with E-state index in [1.807, 2.05) is 6.07 Å². The van der Waals surface area contributed by atoms with Crippen LogP contribution in [0.5, 0.6) is 5.75 Å². The molecule has 3 aromatic rings. The summed E-state index contributed by atoms with van der Waals surface area (Å²) in [6, 6.07) is 5.52. The van der Waals surface area contributed by atoms with E-state index in [9.17, 15) is 24.3 Å². The Hall–Kier alpha value is -4.20. The van der Waals surface area contributed by atoms with Gasteiger partial charge in [0.25, 0.3) is 5.91 Å². The highest BCUT2D eigenvalue weighted by Crippen LogP contribution is 2.34. The number of halogens is 1. The first-order chi connectivity index (χ1) is 16.5. The van der Waals surface area contributed by atoms with E-state index in [0.717, 1.165) is 6.07 Å². The van der Waals surface area contributed by atoms with Crippen LogP contribution >= 0.6 is 0 Å². The normalized spacial score (nSPS) is 14.2. The van der Waals surface area contributed by atoms with Gasteiger partial charge in [0.1, 0.15) is 23.2 Å². The Bertz CT molecular complexity index is 1360. The van der Waals surface area contributed by atoms with E-state index in [4.69, 9.17) is 4.74 Å². The van der Waals surface area contributed by atoms with Crippen LogP contribution in [-0.2, 0) is 4.74 Å². The first kappa shape index (κ1) is 23.9. The Morgan fingerprint density at radius 2 is 1.86 bits per heavy atom. The van der Waals surface area contributed by atoms with Crippen LogP contribution in [0.25, 0.3) is 22.3 Å². The van der Waals surface area contributed by atoms with Crippen molar-refractivity contribution in [2.75, 3.05) is 26.2 Å². The van der Waals surface area contributed by atoms with Gasteiger partial charge in [-0.1, -0.05) is 0 Å². The third kappa shape index (κ3) is 4.59. The lowest BCUT2D eigenvalue weighted by atomic mass is 9.97. The number of phenolic OH excluding ortho intramolecular Hbond substituents is 1. The number of ether oxygens (including phenoxy) is 1.